The van der Waals surface area contributed by atoms with Crippen molar-refractivity contribution < 1.29 is 14.7 Å². The second-order valence-corrected chi connectivity index (χ2v) is 5.49. The molecule has 120 valence electrons. The topological polar surface area (TPSA) is 66.4 Å². The van der Waals surface area contributed by atoms with Gasteiger partial charge in [-0.2, -0.15) is 0 Å². The molecule has 24 heavy (non-hydrogen) atoms. The molecule has 0 unspecified atom stereocenters. The van der Waals surface area contributed by atoms with Gasteiger partial charge in [0.15, 0.2) is 0 Å². The number of benzene rings is 3. The average molecular weight is 319 g/mol. The van der Waals surface area contributed by atoms with E-state index in [1.165, 1.54) is 17.5 Å². The Kier molecular flexibility index (Phi) is 4.57. The molecule has 0 aliphatic heterocycles. The van der Waals surface area contributed by atoms with E-state index in [0.29, 0.717) is 13.0 Å². The number of amides is 1. The molecule has 0 spiro atoms. The highest BCUT2D eigenvalue weighted by Gasteiger charge is 2.15. The van der Waals surface area contributed by atoms with E-state index in [1.54, 1.807) is 12.1 Å². The zero-order valence-corrected chi connectivity index (χ0v) is 13.0. The van der Waals surface area contributed by atoms with E-state index in [4.69, 9.17) is 5.11 Å². The lowest BCUT2D eigenvalue weighted by molar-refractivity contribution is 0.0691. The number of hydrogen-bond donors (Lipinski definition) is 2. The van der Waals surface area contributed by atoms with E-state index in [1.807, 2.05) is 24.3 Å². The third kappa shape index (κ3) is 3.27. The summed E-state index contributed by atoms with van der Waals surface area (Å²) in [5.74, 6) is -1.47. The number of hydrogen-bond acceptors (Lipinski definition) is 2. The molecule has 0 heterocycles. The van der Waals surface area contributed by atoms with E-state index in [0.717, 1.165) is 10.9 Å². The van der Waals surface area contributed by atoms with Crippen LogP contribution in [0.4, 0.5) is 0 Å². The van der Waals surface area contributed by atoms with Crippen molar-refractivity contribution in [1.29, 1.82) is 0 Å². The number of nitrogens with one attached hydrogen (secondary N) is 1. The van der Waals surface area contributed by atoms with Gasteiger partial charge in [0.2, 0.25) is 0 Å². The summed E-state index contributed by atoms with van der Waals surface area (Å²) in [6, 6.07) is 20.4. The summed E-state index contributed by atoms with van der Waals surface area (Å²) < 4.78 is 0. The zero-order valence-electron chi connectivity index (χ0n) is 13.0. The molecule has 2 N–H and O–H groups in total. The first kappa shape index (κ1) is 15.7. The van der Waals surface area contributed by atoms with Gasteiger partial charge in [-0.1, -0.05) is 54.6 Å². The molecule has 1 amide bonds. The third-order valence-corrected chi connectivity index (χ3v) is 3.96. The molecule has 4 nitrogen and oxygen atoms in total. The number of rotatable bonds is 5. The molecule has 0 fully saturated rings. The summed E-state index contributed by atoms with van der Waals surface area (Å²) in [5.41, 5.74) is 1.35. The minimum absolute atomic E-state index is 0.0140. The molecule has 3 aromatic carbocycles. The van der Waals surface area contributed by atoms with Crippen molar-refractivity contribution in [3.05, 3.63) is 83.4 Å². The molecule has 0 aliphatic carbocycles. The number of carboxylic acids is 1. The Morgan fingerprint density at radius 1 is 0.833 bits per heavy atom. The average Bonchev–Trinajstić information content (AvgIpc) is 2.61. The maximum atomic E-state index is 12.2. The van der Waals surface area contributed by atoms with E-state index in [2.05, 4.69) is 23.5 Å². The molecule has 0 bridgehead atoms. The molecule has 0 atom stereocenters. The molecular formula is C20H17NO3. The second kappa shape index (κ2) is 6.96. The molecule has 3 rings (SSSR count). The standard InChI is InChI=1S/C20H17NO3/c22-19(17-10-3-4-11-18(17)20(23)24)21-13-12-15-8-5-7-14-6-1-2-9-16(14)15/h1-11H,12-13H2,(H,21,22)(H,23,24). The molecular weight excluding hydrogens is 302 g/mol. The quantitative estimate of drug-likeness (QED) is 0.756. The number of fused-ring (bicyclic) bond motifs is 1. The molecule has 0 aliphatic rings. The van der Waals surface area contributed by atoms with Gasteiger partial charge in [0.25, 0.3) is 5.91 Å². The van der Waals surface area contributed by atoms with Crippen molar-refractivity contribution in [3.63, 3.8) is 0 Å². The van der Waals surface area contributed by atoms with Crippen LogP contribution in [0, 0.1) is 0 Å². The molecule has 4 heteroatoms. The van der Waals surface area contributed by atoms with Crippen molar-refractivity contribution in [2.24, 2.45) is 0 Å². The van der Waals surface area contributed by atoms with Gasteiger partial charge in [-0.15, -0.1) is 0 Å². The van der Waals surface area contributed by atoms with Crippen molar-refractivity contribution in [2.75, 3.05) is 6.54 Å². The largest absolute Gasteiger partial charge is 0.478 e. The lowest BCUT2D eigenvalue weighted by Gasteiger charge is -2.09. The van der Waals surface area contributed by atoms with E-state index < -0.39 is 5.97 Å². The lowest BCUT2D eigenvalue weighted by atomic mass is 10.0. The van der Waals surface area contributed by atoms with E-state index in [-0.39, 0.29) is 17.0 Å². The molecule has 0 saturated heterocycles. The fourth-order valence-corrected chi connectivity index (χ4v) is 2.78. The van der Waals surface area contributed by atoms with Crippen LogP contribution < -0.4 is 5.32 Å². The van der Waals surface area contributed by atoms with Crippen LogP contribution in [0.3, 0.4) is 0 Å². The van der Waals surface area contributed by atoms with Gasteiger partial charge in [0.1, 0.15) is 0 Å². The Morgan fingerprint density at radius 2 is 1.50 bits per heavy atom. The summed E-state index contributed by atoms with van der Waals surface area (Å²) in [6.07, 6.45) is 0.683. The smallest absolute Gasteiger partial charge is 0.336 e. The van der Waals surface area contributed by atoms with Crippen molar-refractivity contribution in [1.82, 2.24) is 5.32 Å². The summed E-state index contributed by atoms with van der Waals surface area (Å²) in [5, 5.41) is 14.3. The first-order valence-electron chi connectivity index (χ1n) is 7.74. The minimum Gasteiger partial charge on any atom is -0.478 e. The minimum atomic E-state index is -1.10. The number of carbonyl (C=O) groups is 2. The van der Waals surface area contributed by atoms with Gasteiger partial charge in [-0.05, 0) is 34.9 Å². The Bertz CT molecular complexity index is 897. The third-order valence-electron chi connectivity index (χ3n) is 3.96. The summed E-state index contributed by atoms with van der Waals surface area (Å²) in [7, 11) is 0. The van der Waals surface area contributed by atoms with E-state index >= 15 is 0 Å². The van der Waals surface area contributed by atoms with Crippen molar-refractivity contribution >= 4 is 22.6 Å². The summed E-state index contributed by atoms with van der Waals surface area (Å²) in [4.78, 5) is 23.4. The van der Waals surface area contributed by atoms with Gasteiger partial charge in [-0.3, -0.25) is 4.79 Å². The van der Waals surface area contributed by atoms with Gasteiger partial charge in [0.05, 0.1) is 11.1 Å². The second-order valence-electron chi connectivity index (χ2n) is 5.49. The Hall–Kier alpha value is -3.14. The van der Waals surface area contributed by atoms with Crippen LogP contribution in [0.15, 0.2) is 66.7 Å². The fourth-order valence-electron chi connectivity index (χ4n) is 2.78. The highest BCUT2D eigenvalue weighted by atomic mass is 16.4. The first-order valence-corrected chi connectivity index (χ1v) is 7.74. The van der Waals surface area contributed by atoms with Gasteiger partial charge in [0, 0.05) is 6.54 Å². The number of aromatic carboxylic acids is 1. The van der Waals surface area contributed by atoms with Gasteiger partial charge < -0.3 is 10.4 Å². The first-order chi connectivity index (χ1) is 11.7. The Balaban J connectivity index is 1.70. The van der Waals surface area contributed by atoms with Gasteiger partial charge >= 0.3 is 5.97 Å². The highest BCUT2D eigenvalue weighted by molar-refractivity contribution is 6.04. The van der Waals surface area contributed by atoms with Crippen molar-refractivity contribution in [3.8, 4) is 0 Å². The predicted molar refractivity (Wildman–Crippen MR) is 93.4 cm³/mol. The lowest BCUT2D eigenvalue weighted by Crippen LogP contribution is -2.27. The van der Waals surface area contributed by atoms with Crippen LogP contribution >= 0.6 is 0 Å². The molecule has 0 saturated carbocycles. The molecule has 3 aromatic rings. The van der Waals surface area contributed by atoms with Gasteiger partial charge in [-0.25, -0.2) is 4.79 Å². The van der Waals surface area contributed by atoms with Crippen LogP contribution in [0.1, 0.15) is 26.3 Å². The van der Waals surface area contributed by atoms with Crippen LogP contribution in [-0.4, -0.2) is 23.5 Å². The number of carbonyl (C=O) groups excluding carboxylic acids is 1. The summed E-state index contributed by atoms with van der Waals surface area (Å²) in [6.45, 7) is 0.445. The molecule has 0 radical (unpaired) electrons. The van der Waals surface area contributed by atoms with Crippen LogP contribution in [0.2, 0.25) is 0 Å². The Morgan fingerprint density at radius 3 is 2.29 bits per heavy atom. The monoisotopic (exact) mass is 319 g/mol. The van der Waals surface area contributed by atoms with Crippen LogP contribution in [0.25, 0.3) is 10.8 Å². The fraction of sp³-hybridized carbons (Fsp3) is 0.100. The Labute approximate surface area is 139 Å². The predicted octanol–water partition coefficient (Wildman–Crippen LogP) is 3.51. The van der Waals surface area contributed by atoms with Crippen LogP contribution in [0.5, 0.6) is 0 Å². The summed E-state index contributed by atoms with van der Waals surface area (Å²) >= 11 is 0. The number of carboxylic acid groups (broad SMARTS) is 1. The highest BCUT2D eigenvalue weighted by Crippen LogP contribution is 2.18. The van der Waals surface area contributed by atoms with E-state index in [9.17, 15) is 9.59 Å². The van der Waals surface area contributed by atoms with Crippen LogP contribution in [-0.2, 0) is 6.42 Å². The normalized spacial score (nSPS) is 10.5. The maximum Gasteiger partial charge on any atom is 0.336 e. The zero-order chi connectivity index (χ0) is 16.9. The van der Waals surface area contributed by atoms with Crippen molar-refractivity contribution in [2.45, 2.75) is 6.42 Å². The SMILES string of the molecule is O=C(O)c1ccccc1C(=O)NCCc1cccc2ccccc12. The maximum absolute atomic E-state index is 12.2. The molecule has 0 aromatic heterocycles.